The van der Waals surface area contributed by atoms with E-state index in [2.05, 4.69) is 146 Å². The second-order valence-corrected chi connectivity index (χ2v) is 16.1. The SMILES string of the molecule is C[Si](C)(C)c1ccc(N(c2ccccc2)c2cc3oc4c5ccccc5ccc4c3c3ccccc23)cc1. The number of rotatable bonds is 4. The third-order valence-electron chi connectivity index (χ3n) is 7.59. The predicted octanol–water partition coefficient (Wildman–Crippen LogP) is 9.91. The standard InChI is InChI=1S/C35H29NOSi/c1-38(2,3)27-20-18-26(19-21-27)36(25-12-5-4-6-13-25)32-23-33-34(30-16-10-9-15-29(30)32)31-22-17-24-11-7-8-14-28(24)35(31)37-33/h4-23H,1-3H3. The van der Waals surface area contributed by atoms with Crippen LogP contribution in [0, 0.1) is 0 Å². The number of para-hydroxylation sites is 1. The molecule has 0 radical (unpaired) electrons. The number of fused-ring (bicyclic) bond motifs is 7. The second-order valence-electron chi connectivity index (χ2n) is 11.0. The van der Waals surface area contributed by atoms with Crippen LogP contribution in [0.25, 0.3) is 43.5 Å². The molecule has 7 aromatic rings. The van der Waals surface area contributed by atoms with E-state index in [1.165, 1.54) is 26.7 Å². The van der Waals surface area contributed by atoms with E-state index in [0.717, 1.165) is 39.0 Å². The molecule has 0 aliphatic rings. The van der Waals surface area contributed by atoms with Crippen molar-refractivity contribution >= 4 is 73.8 Å². The Morgan fingerprint density at radius 2 is 1.18 bits per heavy atom. The van der Waals surface area contributed by atoms with Crippen molar-refractivity contribution in [3.05, 3.63) is 121 Å². The van der Waals surface area contributed by atoms with Gasteiger partial charge in [-0.3, -0.25) is 0 Å². The van der Waals surface area contributed by atoms with Gasteiger partial charge in [0.05, 0.1) is 13.8 Å². The maximum absolute atomic E-state index is 6.68. The van der Waals surface area contributed by atoms with E-state index in [-0.39, 0.29) is 0 Å². The lowest BCUT2D eigenvalue weighted by Gasteiger charge is -2.28. The first-order valence-electron chi connectivity index (χ1n) is 13.2. The fraction of sp³-hybridized carbons (Fsp3) is 0.0857. The first-order valence-corrected chi connectivity index (χ1v) is 16.7. The molecule has 0 unspecified atom stereocenters. The van der Waals surface area contributed by atoms with Gasteiger partial charge in [-0.1, -0.05) is 110 Å². The third-order valence-corrected chi connectivity index (χ3v) is 9.66. The molecule has 7 rings (SSSR count). The van der Waals surface area contributed by atoms with E-state index in [4.69, 9.17) is 4.42 Å². The molecule has 0 bridgehead atoms. The molecule has 6 aromatic carbocycles. The number of hydrogen-bond acceptors (Lipinski definition) is 2. The number of hydrogen-bond donors (Lipinski definition) is 0. The van der Waals surface area contributed by atoms with Crippen LogP contribution >= 0.6 is 0 Å². The zero-order chi connectivity index (χ0) is 25.9. The van der Waals surface area contributed by atoms with Gasteiger partial charge in [0.25, 0.3) is 0 Å². The summed E-state index contributed by atoms with van der Waals surface area (Å²) in [4.78, 5) is 2.36. The molecule has 0 aliphatic heterocycles. The molecule has 1 heterocycles. The highest BCUT2D eigenvalue weighted by molar-refractivity contribution is 6.88. The smallest absolute Gasteiger partial charge is 0.143 e. The van der Waals surface area contributed by atoms with E-state index in [1.54, 1.807) is 0 Å². The molecule has 0 saturated heterocycles. The van der Waals surface area contributed by atoms with Crippen LogP contribution in [0.3, 0.4) is 0 Å². The highest BCUT2D eigenvalue weighted by Gasteiger charge is 2.22. The zero-order valence-electron chi connectivity index (χ0n) is 21.9. The Morgan fingerprint density at radius 1 is 0.553 bits per heavy atom. The fourth-order valence-corrected chi connectivity index (χ4v) is 6.82. The summed E-state index contributed by atoms with van der Waals surface area (Å²) in [5.74, 6) is 0. The van der Waals surface area contributed by atoms with Crippen LogP contribution in [0.4, 0.5) is 17.1 Å². The van der Waals surface area contributed by atoms with E-state index in [9.17, 15) is 0 Å². The van der Waals surface area contributed by atoms with Crippen molar-refractivity contribution in [2.75, 3.05) is 4.90 Å². The van der Waals surface area contributed by atoms with Crippen LogP contribution in [0.5, 0.6) is 0 Å². The van der Waals surface area contributed by atoms with Gasteiger partial charge >= 0.3 is 0 Å². The number of anilines is 3. The Labute approximate surface area is 223 Å². The third kappa shape index (κ3) is 3.62. The quantitative estimate of drug-likeness (QED) is 0.220. The maximum Gasteiger partial charge on any atom is 0.143 e. The topological polar surface area (TPSA) is 16.4 Å². The Hall–Kier alpha value is -4.34. The molecule has 0 N–H and O–H groups in total. The number of benzene rings is 6. The molecular formula is C35H29NOSi. The van der Waals surface area contributed by atoms with Gasteiger partial charge in [0.15, 0.2) is 0 Å². The summed E-state index contributed by atoms with van der Waals surface area (Å²) >= 11 is 0. The van der Waals surface area contributed by atoms with Crippen molar-refractivity contribution in [2.24, 2.45) is 0 Å². The summed E-state index contributed by atoms with van der Waals surface area (Å²) in [5, 5.41) is 8.53. The molecule has 184 valence electrons. The van der Waals surface area contributed by atoms with Gasteiger partial charge in [-0.15, -0.1) is 0 Å². The maximum atomic E-state index is 6.68. The van der Waals surface area contributed by atoms with Crippen molar-refractivity contribution in [3.8, 4) is 0 Å². The average molecular weight is 508 g/mol. The van der Waals surface area contributed by atoms with E-state index in [1.807, 2.05) is 0 Å². The number of nitrogens with zero attached hydrogens (tertiary/aromatic N) is 1. The highest BCUT2D eigenvalue weighted by Crippen LogP contribution is 2.45. The summed E-state index contributed by atoms with van der Waals surface area (Å²) in [6, 6.07) is 43.6. The van der Waals surface area contributed by atoms with Crippen molar-refractivity contribution in [2.45, 2.75) is 19.6 Å². The van der Waals surface area contributed by atoms with Gasteiger partial charge in [0.2, 0.25) is 0 Å². The summed E-state index contributed by atoms with van der Waals surface area (Å²) < 4.78 is 6.68. The van der Waals surface area contributed by atoms with Crippen molar-refractivity contribution in [1.29, 1.82) is 0 Å². The second kappa shape index (κ2) is 8.61. The summed E-state index contributed by atoms with van der Waals surface area (Å²) in [7, 11) is -1.40. The van der Waals surface area contributed by atoms with Crippen LogP contribution in [0.15, 0.2) is 126 Å². The molecule has 0 fully saturated rings. The molecule has 1 aromatic heterocycles. The predicted molar refractivity (Wildman–Crippen MR) is 166 cm³/mol. The van der Waals surface area contributed by atoms with Crippen LogP contribution < -0.4 is 10.1 Å². The monoisotopic (exact) mass is 507 g/mol. The minimum Gasteiger partial charge on any atom is -0.455 e. The highest BCUT2D eigenvalue weighted by atomic mass is 28.3. The van der Waals surface area contributed by atoms with Gasteiger partial charge < -0.3 is 9.32 Å². The van der Waals surface area contributed by atoms with E-state index >= 15 is 0 Å². The molecule has 0 saturated carbocycles. The molecule has 2 nitrogen and oxygen atoms in total. The molecule has 38 heavy (non-hydrogen) atoms. The van der Waals surface area contributed by atoms with E-state index < -0.39 is 8.07 Å². The molecule has 0 amide bonds. The first-order chi connectivity index (χ1) is 18.5. The number of furan rings is 1. The Kier molecular flexibility index (Phi) is 5.17. The normalized spacial score (nSPS) is 12.1. The van der Waals surface area contributed by atoms with Crippen LogP contribution in [0.2, 0.25) is 19.6 Å². The average Bonchev–Trinajstić information content (AvgIpc) is 3.33. The lowest BCUT2D eigenvalue weighted by Crippen LogP contribution is -2.37. The Balaban J connectivity index is 1.55. The lowest BCUT2D eigenvalue weighted by atomic mass is 9.99. The molecule has 0 spiro atoms. The van der Waals surface area contributed by atoms with Crippen LogP contribution in [-0.2, 0) is 0 Å². The van der Waals surface area contributed by atoms with Gasteiger partial charge in [-0.2, -0.15) is 0 Å². The van der Waals surface area contributed by atoms with Crippen molar-refractivity contribution in [3.63, 3.8) is 0 Å². The zero-order valence-corrected chi connectivity index (χ0v) is 22.9. The fourth-order valence-electron chi connectivity index (χ4n) is 5.65. The van der Waals surface area contributed by atoms with E-state index in [0.29, 0.717) is 0 Å². The summed E-state index contributed by atoms with van der Waals surface area (Å²) in [6.45, 7) is 7.18. The first kappa shape index (κ1) is 22.8. The van der Waals surface area contributed by atoms with Crippen molar-refractivity contribution in [1.82, 2.24) is 0 Å². The van der Waals surface area contributed by atoms with Gasteiger partial charge in [-0.25, -0.2) is 0 Å². The molecular weight excluding hydrogens is 478 g/mol. The molecule has 0 aliphatic carbocycles. The summed E-state index contributed by atoms with van der Waals surface area (Å²) in [5.41, 5.74) is 5.24. The Morgan fingerprint density at radius 3 is 1.92 bits per heavy atom. The minimum absolute atomic E-state index is 0.907. The van der Waals surface area contributed by atoms with Gasteiger partial charge in [-0.05, 0) is 41.1 Å². The Bertz CT molecular complexity index is 1950. The molecule has 0 atom stereocenters. The minimum atomic E-state index is -1.40. The van der Waals surface area contributed by atoms with Crippen molar-refractivity contribution < 1.29 is 4.42 Å². The van der Waals surface area contributed by atoms with Gasteiger partial charge in [0, 0.05) is 39.0 Å². The summed E-state index contributed by atoms with van der Waals surface area (Å²) in [6.07, 6.45) is 0. The van der Waals surface area contributed by atoms with Crippen LogP contribution in [-0.4, -0.2) is 8.07 Å². The molecule has 3 heteroatoms. The van der Waals surface area contributed by atoms with Crippen LogP contribution in [0.1, 0.15) is 0 Å². The lowest BCUT2D eigenvalue weighted by molar-refractivity contribution is 0.673. The van der Waals surface area contributed by atoms with Gasteiger partial charge in [0.1, 0.15) is 11.2 Å². The largest absolute Gasteiger partial charge is 0.455 e.